The van der Waals surface area contributed by atoms with Crippen molar-refractivity contribution in [1.82, 2.24) is 4.90 Å². The average Bonchev–Trinajstić information content (AvgIpc) is 3.11. The summed E-state index contributed by atoms with van der Waals surface area (Å²) < 4.78 is 33.2. The number of fused-ring (bicyclic) bond motifs is 2. The molecule has 35 heavy (non-hydrogen) atoms. The Morgan fingerprint density at radius 3 is 2.43 bits per heavy atom. The minimum atomic E-state index is -0.585. The van der Waals surface area contributed by atoms with Crippen LogP contribution in [-0.2, 0) is 5.75 Å². The summed E-state index contributed by atoms with van der Waals surface area (Å²) in [5, 5.41) is 0.613. The summed E-state index contributed by atoms with van der Waals surface area (Å²) in [4.78, 5) is 15.8. The van der Waals surface area contributed by atoms with Crippen LogP contribution in [-0.4, -0.2) is 29.0 Å². The lowest BCUT2D eigenvalue weighted by molar-refractivity contribution is 0.0359. The molecule has 5 rings (SSSR count). The first kappa shape index (κ1) is 24.1. The molecule has 2 fully saturated rings. The number of aryl methyl sites for hydroxylation is 1. The zero-order chi connectivity index (χ0) is 24.5. The topological polar surface area (TPSA) is 29.5 Å². The van der Waals surface area contributed by atoms with Gasteiger partial charge in [-0.3, -0.25) is 4.79 Å². The molecule has 0 aromatic heterocycles. The molecule has 1 amide bonds. The molecule has 0 aliphatic carbocycles. The van der Waals surface area contributed by atoms with Crippen molar-refractivity contribution in [3.05, 3.63) is 94.0 Å². The quantitative estimate of drug-likeness (QED) is 0.321. The van der Waals surface area contributed by atoms with Crippen LogP contribution >= 0.6 is 23.4 Å². The Labute approximate surface area is 213 Å². The molecule has 7 heteroatoms. The van der Waals surface area contributed by atoms with E-state index < -0.39 is 11.6 Å². The molecule has 0 radical (unpaired) electrons. The molecule has 182 valence electrons. The molecule has 0 saturated carbocycles. The molecule has 2 unspecified atom stereocenters. The van der Waals surface area contributed by atoms with Gasteiger partial charge < -0.3 is 9.64 Å². The van der Waals surface area contributed by atoms with Gasteiger partial charge >= 0.3 is 0 Å². The van der Waals surface area contributed by atoms with E-state index in [0.717, 1.165) is 42.9 Å². The summed E-state index contributed by atoms with van der Waals surface area (Å²) in [7, 11) is 0. The number of hydrogen-bond donors (Lipinski definition) is 0. The van der Waals surface area contributed by atoms with Crippen molar-refractivity contribution >= 4 is 29.3 Å². The lowest BCUT2D eigenvalue weighted by Crippen LogP contribution is -2.49. The molecule has 3 nitrogen and oxygen atoms in total. The van der Waals surface area contributed by atoms with Crippen LogP contribution in [0.1, 0.15) is 47.2 Å². The Kier molecular flexibility index (Phi) is 7.03. The van der Waals surface area contributed by atoms with Gasteiger partial charge in [-0.15, -0.1) is 11.8 Å². The largest absolute Gasteiger partial charge is 0.489 e. The third-order valence-electron chi connectivity index (χ3n) is 6.79. The second-order valence-corrected chi connectivity index (χ2v) is 10.7. The monoisotopic (exact) mass is 513 g/mol. The third kappa shape index (κ3) is 5.34. The first-order chi connectivity index (χ1) is 16.9. The maximum Gasteiger partial charge on any atom is 0.254 e. The van der Waals surface area contributed by atoms with E-state index in [9.17, 15) is 13.6 Å². The molecule has 2 heterocycles. The minimum Gasteiger partial charge on any atom is -0.489 e. The number of thioether (sulfide) groups is 1. The van der Waals surface area contributed by atoms with Crippen molar-refractivity contribution in [2.24, 2.45) is 0 Å². The number of piperidine rings is 1. The van der Waals surface area contributed by atoms with Crippen LogP contribution in [0.25, 0.3) is 0 Å². The van der Waals surface area contributed by atoms with Gasteiger partial charge in [0.2, 0.25) is 0 Å². The van der Waals surface area contributed by atoms with E-state index in [4.69, 9.17) is 16.3 Å². The Bertz CT molecular complexity index is 1220. The van der Waals surface area contributed by atoms with Gasteiger partial charge in [-0.25, -0.2) is 8.78 Å². The van der Waals surface area contributed by atoms with E-state index in [1.165, 1.54) is 23.9 Å². The first-order valence-electron chi connectivity index (χ1n) is 11.8. The van der Waals surface area contributed by atoms with Crippen molar-refractivity contribution in [3.8, 4) is 5.75 Å². The average molecular weight is 514 g/mol. The smallest absolute Gasteiger partial charge is 0.254 e. The fraction of sp³-hybridized carbons (Fsp3) is 0.321. The first-order valence-corrected chi connectivity index (χ1v) is 13.2. The van der Waals surface area contributed by atoms with Crippen LogP contribution in [0.5, 0.6) is 5.75 Å². The summed E-state index contributed by atoms with van der Waals surface area (Å²) in [5.74, 6) is 0.151. The molecule has 2 saturated heterocycles. The molecule has 2 aliphatic rings. The second kappa shape index (κ2) is 10.2. The van der Waals surface area contributed by atoms with E-state index in [1.54, 1.807) is 0 Å². The summed E-state index contributed by atoms with van der Waals surface area (Å²) in [6.07, 6.45) is 3.60. The van der Waals surface area contributed by atoms with E-state index in [2.05, 4.69) is 0 Å². The number of nitrogens with zero attached hydrogens (tertiary/aromatic N) is 1. The number of ether oxygens (including phenoxy) is 1. The van der Waals surface area contributed by atoms with Crippen molar-refractivity contribution in [2.45, 2.75) is 61.4 Å². The van der Waals surface area contributed by atoms with Gasteiger partial charge in [0.05, 0.1) is 5.02 Å². The molecular formula is C28H26ClF2NO2S. The standard InChI is InChI=1S/C28H26ClF2NO2S/c1-17-2-10-24(29)26(12-17)34-23-14-21-8-9-22(15-23)32(21)28(33)19-5-3-18(4-6-19)16-35-27-11-7-20(30)13-25(27)31/h2-7,10-13,21-23H,8-9,14-16H2,1H3. The molecule has 3 aromatic carbocycles. The molecule has 0 N–H and O–H groups in total. The fourth-order valence-electron chi connectivity index (χ4n) is 5.08. The summed E-state index contributed by atoms with van der Waals surface area (Å²) in [6.45, 7) is 2.01. The molecule has 2 aliphatic heterocycles. The minimum absolute atomic E-state index is 0.0436. The lowest BCUT2D eigenvalue weighted by atomic mass is 9.98. The Morgan fingerprint density at radius 2 is 1.74 bits per heavy atom. The zero-order valence-corrected chi connectivity index (χ0v) is 20.9. The van der Waals surface area contributed by atoms with Gasteiger partial charge in [-0.2, -0.15) is 0 Å². The summed E-state index contributed by atoms with van der Waals surface area (Å²) >= 11 is 7.63. The van der Waals surface area contributed by atoms with Crippen molar-refractivity contribution < 1.29 is 18.3 Å². The highest BCUT2D eigenvalue weighted by atomic mass is 35.5. The van der Waals surface area contributed by atoms with E-state index in [0.29, 0.717) is 27.0 Å². The number of halogens is 3. The number of carbonyl (C=O) groups is 1. The molecule has 2 atom stereocenters. The Balaban J connectivity index is 1.21. The Hall–Kier alpha value is -2.57. The van der Waals surface area contributed by atoms with Crippen LogP contribution in [0.4, 0.5) is 8.78 Å². The van der Waals surface area contributed by atoms with Gasteiger partial charge in [0, 0.05) is 47.2 Å². The van der Waals surface area contributed by atoms with Crippen LogP contribution in [0, 0.1) is 18.6 Å². The van der Waals surface area contributed by atoms with Gasteiger partial charge in [-0.1, -0.05) is 29.8 Å². The van der Waals surface area contributed by atoms with Crippen LogP contribution < -0.4 is 4.74 Å². The fourth-order valence-corrected chi connectivity index (χ4v) is 6.12. The molecule has 2 bridgehead atoms. The highest BCUT2D eigenvalue weighted by Gasteiger charge is 2.44. The number of hydrogen-bond acceptors (Lipinski definition) is 3. The van der Waals surface area contributed by atoms with Crippen molar-refractivity contribution in [1.29, 1.82) is 0 Å². The molecule has 3 aromatic rings. The lowest BCUT2D eigenvalue weighted by Gasteiger charge is -2.39. The normalized spacial score (nSPS) is 21.3. The maximum atomic E-state index is 13.9. The SMILES string of the molecule is Cc1ccc(Cl)c(OC2CC3CCC(C2)N3C(=O)c2ccc(CSc3ccc(F)cc3F)cc2)c1. The van der Waals surface area contributed by atoms with Gasteiger partial charge in [0.25, 0.3) is 5.91 Å². The molecule has 0 spiro atoms. The van der Waals surface area contributed by atoms with Gasteiger partial charge in [0.15, 0.2) is 0 Å². The number of amides is 1. The van der Waals surface area contributed by atoms with E-state index in [1.807, 2.05) is 54.3 Å². The van der Waals surface area contributed by atoms with Gasteiger partial charge in [0.1, 0.15) is 23.5 Å². The van der Waals surface area contributed by atoms with Crippen LogP contribution in [0.3, 0.4) is 0 Å². The zero-order valence-electron chi connectivity index (χ0n) is 19.3. The Morgan fingerprint density at radius 1 is 1.03 bits per heavy atom. The predicted molar refractivity (Wildman–Crippen MR) is 135 cm³/mol. The third-order valence-corrected chi connectivity index (χ3v) is 8.23. The summed E-state index contributed by atoms with van der Waals surface area (Å²) in [5.41, 5.74) is 2.73. The van der Waals surface area contributed by atoms with Gasteiger partial charge in [-0.05, 0) is 67.3 Å². The van der Waals surface area contributed by atoms with E-state index >= 15 is 0 Å². The number of carbonyl (C=O) groups excluding carboxylic acids is 1. The number of benzene rings is 3. The van der Waals surface area contributed by atoms with Crippen molar-refractivity contribution in [2.75, 3.05) is 0 Å². The van der Waals surface area contributed by atoms with Crippen LogP contribution in [0.2, 0.25) is 5.02 Å². The second-order valence-electron chi connectivity index (χ2n) is 9.30. The molecular weight excluding hydrogens is 488 g/mol. The van der Waals surface area contributed by atoms with Crippen molar-refractivity contribution in [3.63, 3.8) is 0 Å². The summed E-state index contributed by atoms with van der Waals surface area (Å²) in [6, 6.07) is 17.2. The highest BCUT2D eigenvalue weighted by Crippen LogP contribution is 2.39. The predicted octanol–water partition coefficient (Wildman–Crippen LogP) is 7.43. The van der Waals surface area contributed by atoms with Crippen LogP contribution in [0.15, 0.2) is 65.6 Å². The maximum absolute atomic E-state index is 13.9. The highest BCUT2D eigenvalue weighted by molar-refractivity contribution is 7.98. The van der Waals surface area contributed by atoms with E-state index in [-0.39, 0.29) is 24.1 Å². The number of rotatable bonds is 6.